The molecule has 18 heavy (non-hydrogen) atoms. The van der Waals surface area contributed by atoms with E-state index in [2.05, 4.69) is 0 Å². The van der Waals surface area contributed by atoms with E-state index in [4.69, 9.17) is 21.4 Å². The van der Waals surface area contributed by atoms with Crippen molar-refractivity contribution in [3.8, 4) is 5.75 Å². The Morgan fingerprint density at radius 3 is 2.61 bits per heavy atom. The highest BCUT2D eigenvalue weighted by molar-refractivity contribution is 6.26. The van der Waals surface area contributed by atoms with E-state index < -0.39 is 16.9 Å². The number of carboxylic acids is 1. The molecule has 0 saturated carbocycles. The van der Waals surface area contributed by atoms with Crippen molar-refractivity contribution in [2.24, 2.45) is 5.92 Å². The summed E-state index contributed by atoms with van der Waals surface area (Å²) in [6.07, 6.45) is 6.40. The summed E-state index contributed by atoms with van der Waals surface area (Å²) in [6.45, 7) is 1.96. The van der Waals surface area contributed by atoms with Crippen LogP contribution in [0.5, 0.6) is 5.75 Å². The van der Waals surface area contributed by atoms with E-state index in [1.807, 2.05) is 19.1 Å². The minimum Gasteiger partial charge on any atom is -0.481 e. The van der Waals surface area contributed by atoms with Crippen molar-refractivity contribution in [1.29, 1.82) is 0 Å². The zero-order chi connectivity index (χ0) is 13.2. The lowest BCUT2D eigenvalue weighted by molar-refractivity contribution is -0.142. The summed E-state index contributed by atoms with van der Waals surface area (Å²) in [6, 6.07) is 7.30. The van der Waals surface area contributed by atoms with Gasteiger partial charge in [-0.2, -0.15) is 0 Å². The van der Waals surface area contributed by atoms with Crippen molar-refractivity contribution in [1.82, 2.24) is 0 Å². The maximum absolute atomic E-state index is 11.2. The quantitative estimate of drug-likeness (QED) is 0.853. The number of ether oxygens (including phenoxy) is 1. The molecule has 0 aromatic heterocycles. The second-order valence-electron chi connectivity index (χ2n) is 4.17. The molecule has 2 unspecified atom stereocenters. The van der Waals surface area contributed by atoms with Gasteiger partial charge in [-0.1, -0.05) is 47.5 Å². The fourth-order valence-electron chi connectivity index (χ4n) is 1.73. The zero-order valence-corrected chi connectivity index (χ0v) is 10.6. The minimum absolute atomic E-state index is 0.543. The van der Waals surface area contributed by atoms with Crippen LogP contribution in [0.15, 0.2) is 48.6 Å². The lowest BCUT2D eigenvalue weighted by atomic mass is 9.97. The SMILES string of the molecule is Cc1ccc(OC2(Cl)C=CC=CC2C(=O)O)cc1. The first kappa shape index (κ1) is 12.7. The molecule has 0 radical (unpaired) electrons. The third kappa shape index (κ3) is 2.57. The third-order valence-corrected chi connectivity index (χ3v) is 3.16. The molecule has 0 aliphatic heterocycles. The summed E-state index contributed by atoms with van der Waals surface area (Å²) in [7, 11) is 0. The first-order chi connectivity index (χ1) is 8.51. The number of aryl methyl sites for hydroxylation is 1. The lowest BCUT2D eigenvalue weighted by Gasteiger charge is -2.30. The Labute approximate surface area is 110 Å². The number of hydrogen-bond acceptors (Lipinski definition) is 2. The van der Waals surface area contributed by atoms with E-state index >= 15 is 0 Å². The van der Waals surface area contributed by atoms with Crippen molar-refractivity contribution < 1.29 is 14.6 Å². The molecule has 0 bridgehead atoms. The van der Waals surface area contributed by atoms with Gasteiger partial charge in [-0.3, -0.25) is 4.79 Å². The number of benzene rings is 1. The van der Waals surface area contributed by atoms with Crippen LogP contribution in [-0.2, 0) is 4.79 Å². The first-order valence-electron chi connectivity index (χ1n) is 5.55. The highest BCUT2D eigenvalue weighted by Gasteiger charge is 2.41. The number of aliphatic carboxylic acids is 1. The van der Waals surface area contributed by atoms with Crippen molar-refractivity contribution in [3.05, 3.63) is 54.1 Å². The van der Waals surface area contributed by atoms with Gasteiger partial charge < -0.3 is 9.84 Å². The Kier molecular flexibility index (Phi) is 3.43. The molecule has 0 fully saturated rings. The highest BCUT2D eigenvalue weighted by atomic mass is 35.5. The van der Waals surface area contributed by atoms with Crippen LogP contribution in [0.25, 0.3) is 0 Å². The first-order valence-corrected chi connectivity index (χ1v) is 5.92. The smallest absolute Gasteiger partial charge is 0.316 e. The van der Waals surface area contributed by atoms with E-state index in [1.165, 1.54) is 6.08 Å². The molecule has 1 N–H and O–H groups in total. The van der Waals surface area contributed by atoms with E-state index in [0.29, 0.717) is 5.75 Å². The van der Waals surface area contributed by atoms with Crippen LogP contribution in [0.3, 0.4) is 0 Å². The summed E-state index contributed by atoms with van der Waals surface area (Å²) >= 11 is 6.27. The normalized spacial score (nSPS) is 26.0. The maximum Gasteiger partial charge on any atom is 0.316 e. The molecule has 4 heteroatoms. The summed E-state index contributed by atoms with van der Waals surface area (Å²) in [5, 5.41) is 7.77. The van der Waals surface area contributed by atoms with Gasteiger partial charge in [-0.05, 0) is 25.1 Å². The molecule has 2 atom stereocenters. The molecule has 0 saturated heterocycles. The lowest BCUT2D eigenvalue weighted by Crippen LogP contribution is -2.40. The monoisotopic (exact) mass is 264 g/mol. The second-order valence-corrected chi connectivity index (χ2v) is 4.76. The number of allylic oxidation sites excluding steroid dienone is 2. The molecular formula is C14H13ClO3. The molecule has 1 aliphatic rings. The van der Waals surface area contributed by atoms with Crippen LogP contribution >= 0.6 is 11.6 Å². The van der Waals surface area contributed by atoms with Crippen LogP contribution in [0.4, 0.5) is 0 Å². The molecule has 94 valence electrons. The van der Waals surface area contributed by atoms with Crippen LogP contribution < -0.4 is 4.74 Å². The van der Waals surface area contributed by atoms with Gasteiger partial charge in [-0.25, -0.2) is 0 Å². The molecular weight excluding hydrogens is 252 g/mol. The van der Waals surface area contributed by atoms with Crippen LogP contribution in [0, 0.1) is 12.8 Å². The molecule has 3 nitrogen and oxygen atoms in total. The Bertz CT molecular complexity index is 504. The fraction of sp³-hybridized carbons (Fsp3) is 0.214. The van der Waals surface area contributed by atoms with Gasteiger partial charge in [0.2, 0.25) is 5.06 Å². The standard InChI is InChI=1S/C14H13ClO3/c1-10-5-7-11(8-6-10)18-14(15)9-3-2-4-12(14)13(16)17/h2-9,12H,1H3,(H,16,17). The van der Waals surface area contributed by atoms with Gasteiger partial charge in [-0.15, -0.1) is 0 Å². The van der Waals surface area contributed by atoms with Gasteiger partial charge in [0.15, 0.2) is 0 Å². The van der Waals surface area contributed by atoms with Gasteiger partial charge in [0, 0.05) is 0 Å². The minimum atomic E-state index is -1.38. The van der Waals surface area contributed by atoms with Crippen molar-refractivity contribution in [3.63, 3.8) is 0 Å². The molecule has 0 heterocycles. The third-order valence-electron chi connectivity index (χ3n) is 2.72. The predicted molar refractivity (Wildman–Crippen MR) is 69.8 cm³/mol. The molecule has 1 aromatic carbocycles. The predicted octanol–water partition coefficient (Wildman–Crippen LogP) is 3.14. The Hall–Kier alpha value is -1.74. The zero-order valence-electron chi connectivity index (χ0n) is 9.84. The van der Waals surface area contributed by atoms with E-state index in [0.717, 1.165) is 5.56 Å². The number of halogens is 1. The summed E-state index contributed by atoms with van der Waals surface area (Å²) in [5.41, 5.74) is 1.10. The number of carbonyl (C=O) groups is 1. The maximum atomic E-state index is 11.2. The van der Waals surface area contributed by atoms with Crippen molar-refractivity contribution >= 4 is 17.6 Å². The van der Waals surface area contributed by atoms with E-state index in [1.54, 1.807) is 30.4 Å². The highest BCUT2D eigenvalue weighted by Crippen LogP contribution is 2.34. The molecule has 2 rings (SSSR count). The summed E-state index contributed by atoms with van der Waals surface area (Å²) in [4.78, 5) is 11.2. The van der Waals surface area contributed by atoms with Crippen LogP contribution in [0.2, 0.25) is 0 Å². The fourth-order valence-corrected chi connectivity index (χ4v) is 2.06. The number of rotatable bonds is 3. The van der Waals surface area contributed by atoms with Gasteiger partial charge >= 0.3 is 5.97 Å². The molecule has 0 spiro atoms. The van der Waals surface area contributed by atoms with Crippen LogP contribution in [-0.4, -0.2) is 16.1 Å². The number of carboxylic acid groups (broad SMARTS) is 1. The van der Waals surface area contributed by atoms with Crippen molar-refractivity contribution in [2.75, 3.05) is 0 Å². The number of hydrogen-bond donors (Lipinski definition) is 1. The van der Waals surface area contributed by atoms with Gasteiger partial charge in [0.1, 0.15) is 11.7 Å². The molecule has 1 aromatic rings. The Morgan fingerprint density at radius 2 is 2.00 bits per heavy atom. The largest absolute Gasteiger partial charge is 0.481 e. The van der Waals surface area contributed by atoms with Gasteiger partial charge in [0.05, 0.1) is 0 Å². The average Bonchev–Trinajstić information content (AvgIpc) is 2.32. The van der Waals surface area contributed by atoms with E-state index in [9.17, 15) is 4.79 Å². The average molecular weight is 265 g/mol. The second kappa shape index (κ2) is 4.86. The van der Waals surface area contributed by atoms with E-state index in [-0.39, 0.29) is 0 Å². The van der Waals surface area contributed by atoms with Crippen LogP contribution in [0.1, 0.15) is 5.56 Å². The Balaban J connectivity index is 2.25. The Morgan fingerprint density at radius 1 is 1.33 bits per heavy atom. The molecule has 1 aliphatic carbocycles. The summed E-state index contributed by atoms with van der Waals surface area (Å²) in [5.74, 6) is -1.38. The summed E-state index contributed by atoms with van der Waals surface area (Å²) < 4.78 is 5.62. The number of alkyl halides is 1. The van der Waals surface area contributed by atoms with Crippen molar-refractivity contribution in [2.45, 2.75) is 12.0 Å². The molecule has 0 amide bonds. The van der Waals surface area contributed by atoms with Gasteiger partial charge in [0.25, 0.3) is 0 Å². The topological polar surface area (TPSA) is 46.5 Å².